The summed E-state index contributed by atoms with van der Waals surface area (Å²) in [5, 5.41) is 9.07. The van der Waals surface area contributed by atoms with E-state index in [0.29, 0.717) is 11.8 Å². The van der Waals surface area contributed by atoms with E-state index in [4.69, 9.17) is 10.00 Å². The lowest BCUT2D eigenvalue weighted by molar-refractivity contribution is -0.0166. The molecular formula is C11H19NO. The van der Waals surface area contributed by atoms with Gasteiger partial charge in [-0.2, -0.15) is 5.26 Å². The van der Waals surface area contributed by atoms with Crippen molar-refractivity contribution in [2.24, 2.45) is 11.8 Å². The van der Waals surface area contributed by atoms with Crippen LogP contribution in [0.25, 0.3) is 0 Å². The SMILES string of the molecule is COC1(C#N)CCCC(C(C)C)C1. The van der Waals surface area contributed by atoms with Crippen molar-refractivity contribution in [3.05, 3.63) is 0 Å². The van der Waals surface area contributed by atoms with E-state index >= 15 is 0 Å². The first kappa shape index (κ1) is 10.5. The van der Waals surface area contributed by atoms with E-state index in [9.17, 15) is 0 Å². The molecule has 0 amide bonds. The standard InChI is InChI=1S/C11H19NO/c1-9(2)10-5-4-6-11(7-10,8-12)13-3/h9-10H,4-7H2,1-3H3. The molecule has 0 aromatic rings. The van der Waals surface area contributed by atoms with Crippen molar-refractivity contribution in [1.82, 2.24) is 0 Å². The summed E-state index contributed by atoms with van der Waals surface area (Å²) in [5.74, 6) is 1.33. The van der Waals surface area contributed by atoms with Crippen LogP contribution in [0.1, 0.15) is 39.5 Å². The van der Waals surface area contributed by atoms with Gasteiger partial charge in [-0.05, 0) is 37.5 Å². The Kier molecular flexibility index (Phi) is 3.33. The lowest BCUT2D eigenvalue weighted by atomic mass is 9.74. The number of hydrogen-bond donors (Lipinski definition) is 0. The predicted octanol–water partition coefficient (Wildman–Crippen LogP) is 2.74. The van der Waals surface area contributed by atoms with E-state index in [0.717, 1.165) is 19.3 Å². The third kappa shape index (κ3) is 2.22. The number of rotatable bonds is 2. The van der Waals surface area contributed by atoms with Crippen molar-refractivity contribution >= 4 is 0 Å². The third-order valence-corrected chi connectivity index (χ3v) is 3.28. The van der Waals surface area contributed by atoms with Crippen molar-refractivity contribution in [2.75, 3.05) is 7.11 Å². The van der Waals surface area contributed by atoms with E-state index in [1.807, 2.05) is 0 Å². The maximum atomic E-state index is 9.07. The number of hydrogen-bond acceptors (Lipinski definition) is 2. The summed E-state index contributed by atoms with van der Waals surface area (Å²) in [5.41, 5.74) is -0.479. The van der Waals surface area contributed by atoms with Gasteiger partial charge in [0.15, 0.2) is 5.60 Å². The minimum Gasteiger partial charge on any atom is -0.363 e. The van der Waals surface area contributed by atoms with Crippen LogP contribution >= 0.6 is 0 Å². The Bertz CT molecular complexity index is 207. The minimum atomic E-state index is -0.479. The molecule has 0 aliphatic heterocycles. The number of methoxy groups -OCH3 is 1. The van der Waals surface area contributed by atoms with Gasteiger partial charge in [-0.1, -0.05) is 13.8 Å². The van der Waals surface area contributed by atoms with Gasteiger partial charge >= 0.3 is 0 Å². The van der Waals surface area contributed by atoms with Crippen LogP contribution in [0.4, 0.5) is 0 Å². The number of nitrogens with zero attached hydrogens (tertiary/aromatic N) is 1. The summed E-state index contributed by atoms with van der Waals surface area (Å²) in [4.78, 5) is 0. The number of nitriles is 1. The van der Waals surface area contributed by atoms with Crippen LogP contribution in [0, 0.1) is 23.2 Å². The molecule has 0 radical (unpaired) electrons. The van der Waals surface area contributed by atoms with E-state index in [-0.39, 0.29) is 0 Å². The van der Waals surface area contributed by atoms with Crippen molar-refractivity contribution in [2.45, 2.75) is 45.1 Å². The molecule has 2 unspecified atom stereocenters. The van der Waals surface area contributed by atoms with Gasteiger partial charge in [0.05, 0.1) is 6.07 Å². The van der Waals surface area contributed by atoms with Gasteiger partial charge in [-0.15, -0.1) is 0 Å². The fourth-order valence-electron chi connectivity index (χ4n) is 2.18. The molecule has 0 N–H and O–H groups in total. The molecule has 1 aliphatic rings. The fourth-order valence-corrected chi connectivity index (χ4v) is 2.18. The van der Waals surface area contributed by atoms with Gasteiger partial charge < -0.3 is 4.74 Å². The molecule has 0 heterocycles. The first-order chi connectivity index (χ1) is 6.13. The molecule has 1 saturated carbocycles. The molecule has 0 spiro atoms. The van der Waals surface area contributed by atoms with Crippen LogP contribution in [-0.4, -0.2) is 12.7 Å². The first-order valence-electron chi connectivity index (χ1n) is 5.10. The summed E-state index contributed by atoms with van der Waals surface area (Å²) >= 11 is 0. The van der Waals surface area contributed by atoms with E-state index < -0.39 is 5.60 Å². The second kappa shape index (κ2) is 4.11. The topological polar surface area (TPSA) is 33.0 Å². The van der Waals surface area contributed by atoms with E-state index in [1.165, 1.54) is 6.42 Å². The monoisotopic (exact) mass is 181 g/mol. The predicted molar refractivity (Wildman–Crippen MR) is 52.1 cm³/mol. The Balaban J connectivity index is 2.65. The maximum absolute atomic E-state index is 9.07. The highest BCUT2D eigenvalue weighted by Gasteiger charge is 2.37. The Morgan fingerprint density at radius 3 is 2.69 bits per heavy atom. The zero-order valence-corrected chi connectivity index (χ0v) is 8.84. The maximum Gasteiger partial charge on any atom is 0.154 e. The second-order valence-electron chi connectivity index (χ2n) is 4.41. The van der Waals surface area contributed by atoms with E-state index in [2.05, 4.69) is 19.9 Å². The second-order valence-corrected chi connectivity index (χ2v) is 4.41. The molecule has 1 fully saturated rings. The molecule has 0 saturated heterocycles. The highest BCUT2D eigenvalue weighted by molar-refractivity contribution is 5.05. The number of ether oxygens (including phenoxy) is 1. The lowest BCUT2D eigenvalue weighted by Crippen LogP contribution is -2.37. The van der Waals surface area contributed by atoms with Gasteiger partial charge in [0.25, 0.3) is 0 Å². The zero-order valence-electron chi connectivity index (χ0n) is 8.84. The van der Waals surface area contributed by atoms with Gasteiger partial charge in [0.1, 0.15) is 0 Å². The zero-order chi connectivity index (χ0) is 9.90. The third-order valence-electron chi connectivity index (χ3n) is 3.28. The molecule has 0 aromatic heterocycles. The van der Waals surface area contributed by atoms with Crippen molar-refractivity contribution in [3.63, 3.8) is 0 Å². The average Bonchev–Trinajstić information content (AvgIpc) is 2.18. The van der Waals surface area contributed by atoms with Gasteiger partial charge in [-0.25, -0.2) is 0 Å². The molecular weight excluding hydrogens is 162 g/mol. The summed E-state index contributed by atoms with van der Waals surface area (Å²) < 4.78 is 5.35. The Hall–Kier alpha value is -0.550. The molecule has 2 atom stereocenters. The first-order valence-corrected chi connectivity index (χ1v) is 5.10. The quantitative estimate of drug-likeness (QED) is 0.656. The largest absolute Gasteiger partial charge is 0.363 e. The van der Waals surface area contributed by atoms with Crippen molar-refractivity contribution in [3.8, 4) is 6.07 Å². The minimum absolute atomic E-state index is 0.479. The molecule has 0 bridgehead atoms. The van der Waals surface area contributed by atoms with Gasteiger partial charge in [-0.3, -0.25) is 0 Å². The fraction of sp³-hybridized carbons (Fsp3) is 0.909. The van der Waals surface area contributed by atoms with Gasteiger partial charge in [0.2, 0.25) is 0 Å². The highest BCUT2D eigenvalue weighted by atomic mass is 16.5. The van der Waals surface area contributed by atoms with E-state index in [1.54, 1.807) is 7.11 Å². The Labute approximate surface area is 80.9 Å². The molecule has 2 nitrogen and oxygen atoms in total. The molecule has 1 rings (SSSR count). The van der Waals surface area contributed by atoms with Crippen LogP contribution in [0.3, 0.4) is 0 Å². The molecule has 2 heteroatoms. The Morgan fingerprint density at radius 2 is 2.23 bits per heavy atom. The van der Waals surface area contributed by atoms with Crippen LogP contribution in [-0.2, 0) is 4.74 Å². The van der Waals surface area contributed by atoms with Crippen molar-refractivity contribution < 1.29 is 4.74 Å². The van der Waals surface area contributed by atoms with Crippen LogP contribution in [0.15, 0.2) is 0 Å². The van der Waals surface area contributed by atoms with Crippen molar-refractivity contribution in [1.29, 1.82) is 5.26 Å². The molecule has 13 heavy (non-hydrogen) atoms. The van der Waals surface area contributed by atoms with Gasteiger partial charge in [0, 0.05) is 7.11 Å². The highest BCUT2D eigenvalue weighted by Crippen LogP contribution is 2.37. The summed E-state index contributed by atoms with van der Waals surface area (Å²) in [6, 6.07) is 2.33. The Morgan fingerprint density at radius 1 is 1.54 bits per heavy atom. The molecule has 74 valence electrons. The van der Waals surface area contributed by atoms with Crippen LogP contribution < -0.4 is 0 Å². The smallest absolute Gasteiger partial charge is 0.154 e. The molecule has 0 aromatic carbocycles. The normalized spacial score (nSPS) is 34.5. The molecule has 1 aliphatic carbocycles. The van der Waals surface area contributed by atoms with Crippen LogP contribution in [0.5, 0.6) is 0 Å². The summed E-state index contributed by atoms with van der Waals surface area (Å²) in [7, 11) is 1.66. The lowest BCUT2D eigenvalue weighted by Gasteiger charge is -2.36. The summed E-state index contributed by atoms with van der Waals surface area (Å²) in [6.07, 6.45) is 4.20. The average molecular weight is 181 g/mol. The summed E-state index contributed by atoms with van der Waals surface area (Å²) in [6.45, 7) is 4.46. The van der Waals surface area contributed by atoms with Crippen LogP contribution in [0.2, 0.25) is 0 Å².